The van der Waals surface area contributed by atoms with E-state index in [1.54, 1.807) is 0 Å². The first-order valence-electron chi connectivity index (χ1n) is 6.64. The van der Waals surface area contributed by atoms with Gasteiger partial charge in [0.25, 0.3) is 0 Å². The Labute approximate surface area is 116 Å². The summed E-state index contributed by atoms with van der Waals surface area (Å²) in [6.07, 6.45) is 0.354. The molecule has 0 aliphatic rings. The number of hydrogen-bond donors (Lipinski definition) is 2. The zero-order chi connectivity index (χ0) is 14.6. The molecule has 0 radical (unpaired) electrons. The minimum absolute atomic E-state index is 0.0260. The van der Waals surface area contributed by atoms with Crippen LogP contribution in [0.1, 0.15) is 25.8 Å². The summed E-state index contributed by atoms with van der Waals surface area (Å²) in [6, 6.07) is 5.88. The van der Waals surface area contributed by atoms with Crippen LogP contribution >= 0.6 is 0 Å². The normalized spacial score (nSPS) is 12.4. The Balaban J connectivity index is 2.70. The molecule has 4 heteroatoms. The standard InChI is InChI=1S/C15H25N3O/c1-10(2)13(16)9-15(19)17-14-7-6-12(18(4)5)8-11(14)3/h6-8,10,13H,9,16H2,1-5H3,(H,17,19). The second kappa shape index (κ2) is 6.57. The molecule has 19 heavy (non-hydrogen) atoms. The number of aryl methyl sites for hydroxylation is 1. The summed E-state index contributed by atoms with van der Waals surface area (Å²) in [5.74, 6) is 0.282. The molecule has 0 saturated heterocycles. The molecule has 0 spiro atoms. The van der Waals surface area contributed by atoms with Crippen LogP contribution in [0, 0.1) is 12.8 Å². The van der Waals surface area contributed by atoms with Crippen LogP contribution in [0.2, 0.25) is 0 Å². The molecule has 0 heterocycles. The fraction of sp³-hybridized carbons (Fsp3) is 0.533. The average molecular weight is 263 g/mol. The summed E-state index contributed by atoms with van der Waals surface area (Å²) in [5.41, 5.74) is 8.93. The van der Waals surface area contributed by atoms with Gasteiger partial charge in [-0.2, -0.15) is 0 Å². The number of benzene rings is 1. The minimum Gasteiger partial charge on any atom is -0.378 e. The number of nitrogens with two attached hydrogens (primary N) is 1. The Bertz CT molecular complexity index is 441. The van der Waals surface area contributed by atoms with Gasteiger partial charge in [-0.3, -0.25) is 4.79 Å². The molecule has 0 saturated carbocycles. The van der Waals surface area contributed by atoms with Gasteiger partial charge in [0.1, 0.15) is 0 Å². The molecule has 106 valence electrons. The Morgan fingerprint density at radius 1 is 1.37 bits per heavy atom. The third-order valence-electron chi connectivity index (χ3n) is 3.28. The first-order valence-corrected chi connectivity index (χ1v) is 6.64. The lowest BCUT2D eigenvalue weighted by Gasteiger charge is -2.17. The van der Waals surface area contributed by atoms with Crippen molar-refractivity contribution in [2.75, 3.05) is 24.3 Å². The van der Waals surface area contributed by atoms with Crippen molar-refractivity contribution in [1.82, 2.24) is 0 Å². The third-order valence-corrected chi connectivity index (χ3v) is 3.28. The molecule has 1 rings (SSSR count). The van der Waals surface area contributed by atoms with Crippen molar-refractivity contribution < 1.29 is 4.79 Å². The summed E-state index contributed by atoms with van der Waals surface area (Å²) in [4.78, 5) is 13.9. The van der Waals surface area contributed by atoms with Crippen molar-refractivity contribution in [2.45, 2.75) is 33.2 Å². The highest BCUT2D eigenvalue weighted by molar-refractivity contribution is 5.92. The lowest BCUT2D eigenvalue weighted by Crippen LogP contribution is -2.31. The predicted octanol–water partition coefficient (Wildman–Crippen LogP) is 2.37. The number of amides is 1. The first kappa shape index (κ1) is 15.5. The highest BCUT2D eigenvalue weighted by atomic mass is 16.1. The Morgan fingerprint density at radius 2 is 2.00 bits per heavy atom. The number of hydrogen-bond acceptors (Lipinski definition) is 3. The second-order valence-corrected chi connectivity index (χ2v) is 5.55. The molecule has 4 nitrogen and oxygen atoms in total. The van der Waals surface area contributed by atoms with Crippen LogP contribution in [0.5, 0.6) is 0 Å². The number of carbonyl (C=O) groups excluding carboxylic acids is 1. The molecule has 3 N–H and O–H groups in total. The van der Waals surface area contributed by atoms with Gasteiger partial charge in [0.2, 0.25) is 5.91 Å². The SMILES string of the molecule is Cc1cc(N(C)C)ccc1NC(=O)CC(N)C(C)C. The van der Waals surface area contributed by atoms with E-state index in [1.807, 2.05) is 51.9 Å². The Kier molecular flexibility index (Phi) is 5.36. The van der Waals surface area contributed by atoms with E-state index in [2.05, 4.69) is 11.4 Å². The summed E-state index contributed by atoms with van der Waals surface area (Å²) in [7, 11) is 3.99. The van der Waals surface area contributed by atoms with Gasteiger partial charge < -0.3 is 16.0 Å². The van der Waals surface area contributed by atoms with Gasteiger partial charge in [-0.05, 0) is 36.6 Å². The molecule has 0 aliphatic heterocycles. The van der Waals surface area contributed by atoms with Crippen molar-refractivity contribution in [3.63, 3.8) is 0 Å². The number of nitrogens with one attached hydrogen (secondary N) is 1. The fourth-order valence-corrected chi connectivity index (χ4v) is 1.72. The zero-order valence-electron chi connectivity index (χ0n) is 12.5. The van der Waals surface area contributed by atoms with Crippen molar-refractivity contribution in [2.24, 2.45) is 11.7 Å². The molecule has 1 unspecified atom stereocenters. The van der Waals surface area contributed by atoms with Crippen LogP contribution in [-0.4, -0.2) is 26.0 Å². The molecule has 1 aromatic carbocycles. The van der Waals surface area contributed by atoms with Gasteiger partial charge >= 0.3 is 0 Å². The minimum atomic E-state index is -0.0960. The summed E-state index contributed by atoms with van der Waals surface area (Å²) in [6.45, 7) is 6.04. The van der Waals surface area contributed by atoms with E-state index in [0.717, 1.165) is 16.9 Å². The molecule has 0 bridgehead atoms. The first-order chi connectivity index (χ1) is 8.81. The average Bonchev–Trinajstić information content (AvgIpc) is 2.31. The maximum Gasteiger partial charge on any atom is 0.225 e. The quantitative estimate of drug-likeness (QED) is 0.857. The summed E-state index contributed by atoms with van der Waals surface area (Å²) in [5, 5.41) is 2.92. The van der Waals surface area contributed by atoms with Crippen molar-refractivity contribution in [1.29, 1.82) is 0 Å². The zero-order valence-corrected chi connectivity index (χ0v) is 12.5. The number of carbonyl (C=O) groups is 1. The van der Waals surface area contributed by atoms with Gasteiger partial charge in [-0.15, -0.1) is 0 Å². The largest absolute Gasteiger partial charge is 0.378 e. The van der Waals surface area contributed by atoms with E-state index in [-0.39, 0.29) is 11.9 Å². The highest BCUT2D eigenvalue weighted by Crippen LogP contribution is 2.21. The predicted molar refractivity (Wildman–Crippen MR) is 81.6 cm³/mol. The molecule has 1 aromatic rings. The van der Waals surface area contributed by atoms with Crippen molar-refractivity contribution in [3.8, 4) is 0 Å². The molecular weight excluding hydrogens is 238 g/mol. The van der Waals surface area contributed by atoms with E-state index in [0.29, 0.717) is 12.3 Å². The van der Waals surface area contributed by atoms with Gasteiger partial charge in [-0.1, -0.05) is 13.8 Å². The molecule has 0 fully saturated rings. The second-order valence-electron chi connectivity index (χ2n) is 5.55. The van der Waals surface area contributed by atoms with Gasteiger partial charge in [0.05, 0.1) is 0 Å². The smallest absolute Gasteiger partial charge is 0.225 e. The maximum atomic E-state index is 11.9. The monoisotopic (exact) mass is 263 g/mol. The van der Waals surface area contributed by atoms with Gasteiger partial charge in [0.15, 0.2) is 0 Å². The lowest BCUT2D eigenvalue weighted by molar-refractivity contribution is -0.116. The Morgan fingerprint density at radius 3 is 2.47 bits per heavy atom. The van der Waals surface area contributed by atoms with Gasteiger partial charge in [-0.25, -0.2) is 0 Å². The van der Waals surface area contributed by atoms with Crippen LogP contribution in [0.15, 0.2) is 18.2 Å². The number of anilines is 2. The third kappa shape index (κ3) is 4.56. The van der Waals surface area contributed by atoms with Crippen LogP contribution < -0.4 is 16.0 Å². The Hall–Kier alpha value is -1.55. The van der Waals surface area contributed by atoms with Crippen molar-refractivity contribution in [3.05, 3.63) is 23.8 Å². The van der Waals surface area contributed by atoms with Crippen LogP contribution in [0.4, 0.5) is 11.4 Å². The highest BCUT2D eigenvalue weighted by Gasteiger charge is 2.13. The van der Waals surface area contributed by atoms with Crippen LogP contribution in [-0.2, 0) is 4.79 Å². The fourth-order valence-electron chi connectivity index (χ4n) is 1.72. The molecule has 0 aromatic heterocycles. The van der Waals surface area contributed by atoms with E-state index >= 15 is 0 Å². The molecule has 0 aliphatic carbocycles. The van der Waals surface area contributed by atoms with E-state index in [9.17, 15) is 4.79 Å². The van der Waals surface area contributed by atoms with E-state index in [1.165, 1.54) is 0 Å². The number of rotatable bonds is 5. The van der Waals surface area contributed by atoms with Gasteiger partial charge in [0, 0.05) is 37.9 Å². The molecule has 1 atom stereocenters. The molecular formula is C15H25N3O. The number of nitrogens with zero attached hydrogens (tertiary/aromatic N) is 1. The summed E-state index contributed by atoms with van der Waals surface area (Å²) < 4.78 is 0. The van der Waals surface area contributed by atoms with Crippen LogP contribution in [0.25, 0.3) is 0 Å². The van der Waals surface area contributed by atoms with E-state index in [4.69, 9.17) is 5.73 Å². The van der Waals surface area contributed by atoms with Crippen molar-refractivity contribution >= 4 is 17.3 Å². The molecule has 1 amide bonds. The lowest BCUT2D eigenvalue weighted by atomic mass is 10.0. The topological polar surface area (TPSA) is 58.4 Å². The summed E-state index contributed by atoms with van der Waals surface area (Å²) >= 11 is 0. The van der Waals surface area contributed by atoms with E-state index < -0.39 is 0 Å². The van der Waals surface area contributed by atoms with Crippen LogP contribution in [0.3, 0.4) is 0 Å². The maximum absolute atomic E-state index is 11.9.